The Balaban J connectivity index is 1.76. The van der Waals surface area contributed by atoms with Crippen LogP contribution in [0.1, 0.15) is 18.5 Å². The molecule has 2 aliphatic heterocycles. The number of aliphatic hydroxyl groups excluding tert-OH is 1. The van der Waals surface area contributed by atoms with Gasteiger partial charge in [0.1, 0.15) is 11.5 Å². The van der Waals surface area contributed by atoms with Gasteiger partial charge in [-0.3, -0.25) is 4.90 Å². The number of nitrogens with zero attached hydrogens (tertiary/aromatic N) is 3. The SMILES string of the molecule is O[C@H]1CN(c2cccc(C(F)(F)F)n2)C[C@@H]1N1CCCC1. The molecule has 2 atom stereocenters. The molecule has 0 aromatic carbocycles. The molecular formula is C14H18F3N3O. The Morgan fingerprint density at radius 2 is 1.86 bits per heavy atom. The summed E-state index contributed by atoms with van der Waals surface area (Å²) >= 11 is 0. The van der Waals surface area contributed by atoms with E-state index in [-0.39, 0.29) is 11.9 Å². The second kappa shape index (κ2) is 5.46. The summed E-state index contributed by atoms with van der Waals surface area (Å²) in [6.07, 6.45) is -2.75. The second-order valence-corrected chi connectivity index (χ2v) is 5.66. The zero-order valence-corrected chi connectivity index (χ0v) is 11.6. The molecule has 3 heterocycles. The predicted octanol–water partition coefficient (Wildman–Crippen LogP) is 1.75. The third kappa shape index (κ3) is 2.98. The molecule has 0 radical (unpaired) electrons. The minimum absolute atomic E-state index is 0.0103. The fraction of sp³-hybridized carbons (Fsp3) is 0.643. The molecular weight excluding hydrogens is 283 g/mol. The summed E-state index contributed by atoms with van der Waals surface area (Å²) in [6, 6.07) is 3.88. The number of aromatic nitrogens is 1. The lowest BCUT2D eigenvalue weighted by Crippen LogP contribution is -2.41. The second-order valence-electron chi connectivity index (χ2n) is 5.66. The summed E-state index contributed by atoms with van der Waals surface area (Å²) in [5.41, 5.74) is -0.890. The Labute approximate surface area is 121 Å². The summed E-state index contributed by atoms with van der Waals surface area (Å²) in [4.78, 5) is 7.65. The molecule has 7 heteroatoms. The fourth-order valence-corrected chi connectivity index (χ4v) is 3.15. The maximum absolute atomic E-state index is 12.7. The fourth-order valence-electron chi connectivity index (χ4n) is 3.15. The third-order valence-electron chi connectivity index (χ3n) is 4.22. The first-order valence-corrected chi connectivity index (χ1v) is 7.16. The normalized spacial score (nSPS) is 27.5. The highest BCUT2D eigenvalue weighted by Gasteiger charge is 2.38. The highest BCUT2D eigenvalue weighted by molar-refractivity contribution is 5.42. The smallest absolute Gasteiger partial charge is 0.390 e. The summed E-state index contributed by atoms with van der Waals surface area (Å²) in [5, 5.41) is 10.2. The monoisotopic (exact) mass is 301 g/mol. The lowest BCUT2D eigenvalue weighted by Gasteiger charge is -2.25. The van der Waals surface area contributed by atoms with E-state index in [1.807, 2.05) is 0 Å². The standard InChI is InChI=1S/C14H18F3N3O/c15-14(16,17)12-4-3-5-13(18-12)20-8-10(11(21)9-20)19-6-1-2-7-19/h3-5,10-11,21H,1-2,6-9H2/t10-,11-/m0/s1. The van der Waals surface area contributed by atoms with Crippen LogP contribution in [0.25, 0.3) is 0 Å². The summed E-state index contributed by atoms with van der Waals surface area (Å²) in [5.74, 6) is 0.283. The van der Waals surface area contributed by atoms with E-state index < -0.39 is 18.0 Å². The highest BCUT2D eigenvalue weighted by Crippen LogP contribution is 2.30. The number of halogens is 3. The van der Waals surface area contributed by atoms with Gasteiger partial charge in [-0.1, -0.05) is 6.07 Å². The molecule has 1 aromatic rings. The van der Waals surface area contributed by atoms with Crippen LogP contribution in [0.4, 0.5) is 19.0 Å². The van der Waals surface area contributed by atoms with Crippen molar-refractivity contribution in [2.24, 2.45) is 0 Å². The molecule has 2 aliphatic rings. The van der Waals surface area contributed by atoms with Crippen molar-refractivity contribution in [2.75, 3.05) is 31.1 Å². The molecule has 0 spiro atoms. The van der Waals surface area contributed by atoms with E-state index in [4.69, 9.17) is 0 Å². The van der Waals surface area contributed by atoms with E-state index in [2.05, 4.69) is 9.88 Å². The molecule has 0 aliphatic carbocycles. The van der Waals surface area contributed by atoms with Crippen molar-refractivity contribution < 1.29 is 18.3 Å². The van der Waals surface area contributed by atoms with Crippen molar-refractivity contribution in [3.8, 4) is 0 Å². The van der Waals surface area contributed by atoms with E-state index in [0.717, 1.165) is 32.0 Å². The number of aliphatic hydroxyl groups is 1. The van der Waals surface area contributed by atoms with E-state index in [9.17, 15) is 18.3 Å². The van der Waals surface area contributed by atoms with Crippen molar-refractivity contribution in [1.82, 2.24) is 9.88 Å². The summed E-state index contributed by atoms with van der Waals surface area (Å²) in [7, 11) is 0. The molecule has 0 unspecified atom stereocenters. The Kier molecular flexibility index (Phi) is 3.79. The number of anilines is 1. The number of rotatable bonds is 2. The van der Waals surface area contributed by atoms with Crippen LogP contribution in [0.15, 0.2) is 18.2 Å². The van der Waals surface area contributed by atoms with Crippen LogP contribution in [0.2, 0.25) is 0 Å². The maximum atomic E-state index is 12.7. The van der Waals surface area contributed by atoms with E-state index in [0.29, 0.717) is 13.1 Å². The van der Waals surface area contributed by atoms with E-state index >= 15 is 0 Å². The van der Waals surface area contributed by atoms with Gasteiger partial charge in [0.05, 0.1) is 12.1 Å². The molecule has 0 bridgehead atoms. The van der Waals surface area contributed by atoms with Crippen LogP contribution < -0.4 is 4.90 Å². The topological polar surface area (TPSA) is 39.6 Å². The first-order chi connectivity index (χ1) is 9.95. The van der Waals surface area contributed by atoms with Gasteiger partial charge >= 0.3 is 6.18 Å². The molecule has 1 aromatic heterocycles. The average molecular weight is 301 g/mol. The van der Waals surface area contributed by atoms with Crippen LogP contribution in [-0.4, -0.2) is 53.3 Å². The van der Waals surface area contributed by atoms with Crippen LogP contribution in [-0.2, 0) is 6.18 Å². The van der Waals surface area contributed by atoms with Gasteiger partial charge in [0.15, 0.2) is 0 Å². The number of hydrogen-bond acceptors (Lipinski definition) is 4. The van der Waals surface area contributed by atoms with Crippen LogP contribution in [0.3, 0.4) is 0 Å². The molecule has 4 nitrogen and oxygen atoms in total. The van der Waals surface area contributed by atoms with E-state index in [1.165, 1.54) is 6.07 Å². The van der Waals surface area contributed by atoms with Gasteiger partial charge in [0, 0.05) is 13.1 Å². The van der Waals surface area contributed by atoms with Gasteiger partial charge in [0.25, 0.3) is 0 Å². The lowest BCUT2D eigenvalue weighted by molar-refractivity contribution is -0.141. The van der Waals surface area contributed by atoms with Crippen molar-refractivity contribution in [2.45, 2.75) is 31.2 Å². The van der Waals surface area contributed by atoms with E-state index in [1.54, 1.807) is 11.0 Å². The molecule has 21 heavy (non-hydrogen) atoms. The van der Waals surface area contributed by atoms with Crippen LogP contribution >= 0.6 is 0 Å². The molecule has 0 amide bonds. The molecule has 3 rings (SSSR count). The predicted molar refractivity (Wildman–Crippen MR) is 72.1 cm³/mol. The number of pyridine rings is 1. The molecule has 1 N–H and O–H groups in total. The summed E-state index contributed by atoms with van der Waals surface area (Å²) < 4.78 is 38.1. The Morgan fingerprint density at radius 1 is 1.14 bits per heavy atom. The number of likely N-dealkylation sites (tertiary alicyclic amines) is 1. The lowest BCUT2D eigenvalue weighted by atomic mass is 10.2. The minimum atomic E-state index is -4.44. The van der Waals surface area contributed by atoms with Gasteiger partial charge in [-0.05, 0) is 38.1 Å². The van der Waals surface area contributed by atoms with Gasteiger partial charge in [0.2, 0.25) is 0 Å². The highest BCUT2D eigenvalue weighted by atomic mass is 19.4. The molecule has 2 saturated heterocycles. The first-order valence-electron chi connectivity index (χ1n) is 7.16. The zero-order chi connectivity index (χ0) is 15.0. The first kappa shape index (κ1) is 14.6. The number of hydrogen-bond donors (Lipinski definition) is 1. The average Bonchev–Trinajstić information content (AvgIpc) is 3.07. The maximum Gasteiger partial charge on any atom is 0.433 e. The van der Waals surface area contributed by atoms with Gasteiger partial charge in [-0.15, -0.1) is 0 Å². The summed E-state index contributed by atoms with van der Waals surface area (Å²) in [6.45, 7) is 2.75. The number of alkyl halides is 3. The Bertz CT molecular complexity index is 502. The number of β-amino-alcohol motifs (C(OH)–C–C–N with tert-alkyl or cyclic N) is 1. The molecule has 2 fully saturated rings. The quantitative estimate of drug-likeness (QED) is 0.903. The Hall–Kier alpha value is -1.34. The zero-order valence-electron chi connectivity index (χ0n) is 11.6. The molecule has 0 saturated carbocycles. The van der Waals surface area contributed by atoms with Crippen molar-refractivity contribution in [3.05, 3.63) is 23.9 Å². The van der Waals surface area contributed by atoms with Gasteiger partial charge in [-0.2, -0.15) is 13.2 Å². The third-order valence-corrected chi connectivity index (χ3v) is 4.22. The minimum Gasteiger partial charge on any atom is -0.390 e. The van der Waals surface area contributed by atoms with Crippen molar-refractivity contribution in [3.63, 3.8) is 0 Å². The van der Waals surface area contributed by atoms with Crippen molar-refractivity contribution in [1.29, 1.82) is 0 Å². The van der Waals surface area contributed by atoms with Gasteiger partial charge < -0.3 is 10.0 Å². The van der Waals surface area contributed by atoms with Crippen molar-refractivity contribution >= 4 is 5.82 Å². The largest absolute Gasteiger partial charge is 0.433 e. The Morgan fingerprint density at radius 3 is 2.52 bits per heavy atom. The van der Waals surface area contributed by atoms with Crippen LogP contribution in [0.5, 0.6) is 0 Å². The van der Waals surface area contributed by atoms with Gasteiger partial charge in [-0.25, -0.2) is 4.98 Å². The van der Waals surface area contributed by atoms with Crippen LogP contribution in [0, 0.1) is 0 Å². The molecule has 116 valence electrons.